The molecular weight excluding hydrogens is 172 g/mol. The molecule has 0 atom stereocenters. The molecular formula is C4HClN4S. The predicted octanol–water partition coefficient (Wildman–Crippen LogP) is 1.13. The minimum absolute atomic E-state index is 0.417. The number of hydrogen-bond acceptors (Lipinski definition) is 5. The number of nitrogens with zero attached hydrogens (tertiary/aromatic N) is 4. The molecule has 0 saturated heterocycles. The zero-order valence-electron chi connectivity index (χ0n) is 4.65. The number of halogens is 1. The zero-order chi connectivity index (χ0) is 6.97. The highest BCUT2D eigenvalue weighted by Crippen LogP contribution is 2.19. The fraction of sp³-hybridized carbons (Fsp3) is 0. The van der Waals surface area contributed by atoms with E-state index in [-0.39, 0.29) is 0 Å². The lowest BCUT2D eigenvalue weighted by Crippen LogP contribution is -1.79. The topological polar surface area (TPSA) is 51.6 Å². The van der Waals surface area contributed by atoms with Crippen molar-refractivity contribution in [1.29, 1.82) is 0 Å². The largest absolute Gasteiger partial charge is 0.223 e. The molecule has 6 heteroatoms. The van der Waals surface area contributed by atoms with Gasteiger partial charge in [-0.15, -0.1) is 5.10 Å². The van der Waals surface area contributed by atoms with Crippen LogP contribution in [0.3, 0.4) is 0 Å². The van der Waals surface area contributed by atoms with E-state index in [0.29, 0.717) is 10.8 Å². The Morgan fingerprint density at radius 2 is 2.30 bits per heavy atom. The molecule has 2 rings (SSSR count). The summed E-state index contributed by atoms with van der Waals surface area (Å²) >= 11 is 6.87. The molecule has 0 amide bonds. The molecule has 0 saturated carbocycles. The smallest absolute Gasteiger partial charge is 0.199 e. The van der Waals surface area contributed by atoms with Crippen LogP contribution < -0.4 is 0 Å². The highest BCUT2D eigenvalue weighted by atomic mass is 35.5. The predicted molar refractivity (Wildman–Crippen MR) is 38.0 cm³/mol. The van der Waals surface area contributed by atoms with E-state index in [1.165, 1.54) is 17.9 Å². The third-order valence-electron chi connectivity index (χ3n) is 1.01. The average molecular weight is 173 g/mol. The maximum absolute atomic E-state index is 5.68. The van der Waals surface area contributed by atoms with Crippen molar-refractivity contribution in [2.75, 3.05) is 0 Å². The Kier molecular flexibility index (Phi) is 1.25. The third kappa shape index (κ3) is 0.748. The van der Waals surface area contributed by atoms with Crippen molar-refractivity contribution in [3.8, 4) is 0 Å². The van der Waals surface area contributed by atoms with Crippen LogP contribution in [0.15, 0.2) is 6.33 Å². The van der Waals surface area contributed by atoms with Gasteiger partial charge in [0.1, 0.15) is 11.0 Å². The molecule has 2 aromatic heterocycles. The molecule has 4 nitrogen and oxygen atoms in total. The van der Waals surface area contributed by atoms with Gasteiger partial charge in [0.2, 0.25) is 0 Å². The molecule has 10 heavy (non-hydrogen) atoms. The molecule has 0 bridgehead atoms. The van der Waals surface area contributed by atoms with E-state index in [2.05, 4.69) is 19.6 Å². The van der Waals surface area contributed by atoms with Gasteiger partial charge in [-0.2, -0.15) is 0 Å². The maximum atomic E-state index is 5.68. The van der Waals surface area contributed by atoms with Gasteiger partial charge >= 0.3 is 0 Å². The molecule has 50 valence electrons. The molecule has 0 fully saturated rings. The van der Waals surface area contributed by atoms with Crippen molar-refractivity contribution in [3.05, 3.63) is 11.5 Å². The van der Waals surface area contributed by atoms with E-state index in [4.69, 9.17) is 11.6 Å². The summed E-state index contributed by atoms with van der Waals surface area (Å²) < 4.78 is 4.41. The van der Waals surface area contributed by atoms with Crippen LogP contribution in [0.5, 0.6) is 0 Å². The highest BCUT2D eigenvalue weighted by molar-refractivity contribution is 7.13. The summed E-state index contributed by atoms with van der Waals surface area (Å²) in [5.74, 6) is 0. The molecule has 0 radical (unpaired) electrons. The molecule has 0 aliphatic carbocycles. The van der Waals surface area contributed by atoms with Crippen LogP contribution >= 0.6 is 23.1 Å². The summed E-state index contributed by atoms with van der Waals surface area (Å²) in [5, 5.41) is 4.13. The monoisotopic (exact) mass is 172 g/mol. The molecule has 0 N–H and O–H groups in total. The van der Waals surface area contributed by atoms with Gasteiger partial charge in [-0.1, -0.05) is 16.1 Å². The van der Waals surface area contributed by atoms with Crippen molar-refractivity contribution in [1.82, 2.24) is 19.6 Å². The van der Waals surface area contributed by atoms with Gasteiger partial charge in [-0.05, 0) is 11.5 Å². The van der Waals surface area contributed by atoms with E-state index < -0.39 is 0 Å². The van der Waals surface area contributed by atoms with Crippen LogP contribution in [0, 0.1) is 0 Å². The second-order valence-electron chi connectivity index (χ2n) is 1.59. The van der Waals surface area contributed by atoms with Crippen molar-refractivity contribution >= 4 is 33.5 Å². The first-order valence-electron chi connectivity index (χ1n) is 2.46. The SMILES string of the molecule is Clc1ncnc2nnsc12. The zero-order valence-corrected chi connectivity index (χ0v) is 6.22. The molecule has 0 aromatic carbocycles. The molecule has 2 aromatic rings. The fourth-order valence-electron chi connectivity index (χ4n) is 0.593. The Bertz CT molecular complexity index is 359. The van der Waals surface area contributed by atoms with Crippen LogP contribution in [-0.4, -0.2) is 19.6 Å². The first kappa shape index (κ1) is 5.94. The van der Waals surface area contributed by atoms with E-state index in [1.54, 1.807) is 0 Å². The first-order chi connectivity index (χ1) is 4.88. The lowest BCUT2D eigenvalue weighted by molar-refractivity contribution is 1.13. The molecule has 0 unspecified atom stereocenters. The van der Waals surface area contributed by atoms with Crippen molar-refractivity contribution in [2.45, 2.75) is 0 Å². The van der Waals surface area contributed by atoms with Gasteiger partial charge in [-0.3, -0.25) is 0 Å². The van der Waals surface area contributed by atoms with Crippen molar-refractivity contribution in [3.63, 3.8) is 0 Å². The van der Waals surface area contributed by atoms with Crippen LogP contribution in [0.2, 0.25) is 5.15 Å². The summed E-state index contributed by atoms with van der Waals surface area (Å²) in [6.07, 6.45) is 1.37. The summed E-state index contributed by atoms with van der Waals surface area (Å²) in [5.41, 5.74) is 0.560. The van der Waals surface area contributed by atoms with E-state index in [9.17, 15) is 0 Å². The van der Waals surface area contributed by atoms with Gasteiger partial charge < -0.3 is 0 Å². The van der Waals surface area contributed by atoms with Crippen molar-refractivity contribution < 1.29 is 0 Å². The summed E-state index contributed by atoms with van der Waals surface area (Å²) in [6.45, 7) is 0. The standard InChI is InChI=1S/C4HClN4S/c5-3-2-4(7-1-6-3)8-9-10-2/h1H. The fourth-order valence-corrected chi connectivity index (χ4v) is 1.33. The van der Waals surface area contributed by atoms with Crippen LogP contribution in [0.1, 0.15) is 0 Å². The second kappa shape index (κ2) is 2.10. The summed E-state index contributed by atoms with van der Waals surface area (Å²) in [7, 11) is 0. The van der Waals surface area contributed by atoms with Gasteiger partial charge in [0.05, 0.1) is 0 Å². The number of rotatable bonds is 0. The summed E-state index contributed by atoms with van der Waals surface area (Å²) in [6, 6.07) is 0. The lowest BCUT2D eigenvalue weighted by Gasteiger charge is -1.84. The Hall–Kier alpha value is -0.810. The van der Waals surface area contributed by atoms with Crippen LogP contribution in [-0.2, 0) is 0 Å². The van der Waals surface area contributed by atoms with Gasteiger partial charge in [0.15, 0.2) is 10.8 Å². The van der Waals surface area contributed by atoms with Crippen LogP contribution in [0.25, 0.3) is 10.3 Å². The molecule has 2 heterocycles. The normalized spacial score (nSPS) is 10.5. The molecule has 0 aliphatic heterocycles. The second-order valence-corrected chi connectivity index (χ2v) is 2.70. The number of hydrogen-bond donors (Lipinski definition) is 0. The first-order valence-corrected chi connectivity index (χ1v) is 3.61. The van der Waals surface area contributed by atoms with E-state index >= 15 is 0 Å². The molecule has 0 aliphatic rings. The van der Waals surface area contributed by atoms with Crippen LogP contribution in [0.4, 0.5) is 0 Å². The minimum Gasteiger partial charge on any atom is -0.223 e. The quantitative estimate of drug-likeness (QED) is 0.559. The van der Waals surface area contributed by atoms with Gasteiger partial charge in [0.25, 0.3) is 0 Å². The van der Waals surface area contributed by atoms with Crippen molar-refractivity contribution in [2.24, 2.45) is 0 Å². The average Bonchev–Trinajstić information content (AvgIpc) is 2.36. The number of fused-ring (bicyclic) bond motifs is 1. The van der Waals surface area contributed by atoms with E-state index in [0.717, 1.165) is 4.70 Å². The lowest BCUT2D eigenvalue weighted by atomic mass is 10.6. The third-order valence-corrected chi connectivity index (χ3v) is 2.13. The van der Waals surface area contributed by atoms with Gasteiger partial charge in [0, 0.05) is 0 Å². The van der Waals surface area contributed by atoms with Gasteiger partial charge in [-0.25, -0.2) is 9.97 Å². The number of aromatic nitrogens is 4. The Labute approximate surface area is 65.0 Å². The summed E-state index contributed by atoms with van der Waals surface area (Å²) in [4.78, 5) is 7.61. The highest BCUT2D eigenvalue weighted by Gasteiger charge is 2.02. The Balaban J connectivity index is 2.95. The van der Waals surface area contributed by atoms with E-state index in [1.807, 2.05) is 0 Å². The Morgan fingerprint density at radius 1 is 1.40 bits per heavy atom. The molecule has 0 spiro atoms. The maximum Gasteiger partial charge on any atom is 0.199 e. The Morgan fingerprint density at radius 3 is 3.10 bits per heavy atom. The minimum atomic E-state index is 0.417.